The molecule has 2 heterocycles. The van der Waals surface area contributed by atoms with Crippen LogP contribution < -0.4 is 4.90 Å². The van der Waals surface area contributed by atoms with Gasteiger partial charge in [0.15, 0.2) is 11.4 Å². The summed E-state index contributed by atoms with van der Waals surface area (Å²) in [6.45, 7) is 0.294. The summed E-state index contributed by atoms with van der Waals surface area (Å²) < 4.78 is 5.12. The van der Waals surface area contributed by atoms with Crippen molar-refractivity contribution in [2.75, 3.05) is 11.4 Å². The molecule has 0 radical (unpaired) electrons. The minimum atomic E-state index is -1.90. The Balaban J connectivity index is 1.60. The Kier molecular flexibility index (Phi) is 4.67. The number of para-hydroxylation sites is 1. The number of furan rings is 1. The fraction of sp³-hybridized carbons (Fsp3) is 0.130. The summed E-state index contributed by atoms with van der Waals surface area (Å²) in [7, 11) is 0. The molecule has 2 aromatic carbocycles. The number of nitrogens with zero attached hydrogens (tertiary/aromatic N) is 1. The Bertz CT molecular complexity index is 1020. The number of anilines is 1. The summed E-state index contributed by atoms with van der Waals surface area (Å²) in [5, 5.41) is 11.2. The smallest absolute Gasteiger partial charge is 0.264 e. The Morgan fingerprint density at radius 1 is 1.04 bits per heavy atom. The molecule has 28 heavy (non-hydrogen) atoms. The molecule has 0 unspecified atom stereocenters. The zero-order chi connectivity index (χ0) is 19.6. The van der Waals surface area contributed by atoms with Gasteiger partial charge in [-0.05, 0) is 23.8 Å². The first-order valence-corrected chi connectivity index (χ1v) is 9.02. The number of rotatable bonds is 6. The molecule has 4 rings (SSSR count). The van der Waals surface area contributed by atoms with Gasteiger partial charge in [0.25, 0.3) is 5.91 Å². The monoisotopic (exact) mass is 373 g/mol. The second-order valence-electron chi connectivity index (χ2n) is 6.68. The van der Waals surface area contributed by atoms with E-state index in [0.29, 0.717) is 17.8 Å². The summed E-state index contributed by atoms with van der Waals surface area (Å²) in [6, 6.07) is 19.9. The molecule has 0 saturated heterocycles. The zero-order valence-corrected chi connectivity index (χ0v) is 15.1. The number of amides is 1. The van der Waals surface area contributed by atoms with Crippen molar-refractivity contribution in [3.05, 3.63) is 96.0 Å². The molecule has 5 nitrogen and oxygen atoms in total. The van der Waals surface area contributed by atoms with Crippen LogP contribution in [0.15, 0.2) is 83.5 Å². The van der Waals surface area contributed by atoms with Gasteiger partial charge < -0.3 is 14.4 Å². The molecule has 0 fully saturated rings. The number of benzene rings is 2. The molecule has 0 aliphatic carbocycles. The molecule has 0 saturated carbocycles. The van der Waals surface area contributed by atoms with E-state index in [9.17, 15) is 14.7 Å². The predicted octanol–water partition coefficient (Wildman–Crippen LogP) is 3.80. The highest BCUT2D eigenvalue weighted by Gasteiger charge is 2.50. The van der Waals surface area contributed by atoms with Gasteiger partial charge >= 0.3 is 0 Å². The number of carbonyl (C=O) groups is 2. The van der Waals surface area contributed by atoms with Crippen LogP contribution in [-0.4, -0.2) is 23.3 Å². The van der Waals surface area contributed by atoms with Gasteiger partial charge in [-0.15, -0.1) is 0 Å². The second kappa shape index (κ2) is 7.29. The highest BCUT2D eigenvalue weighted by Crippen LogP contribution is 2.42. The molecule has 1 amide bonds. The van der Waals surface area contributed by atoms with E-state index in [0.717, 1.165) is 5.56 Å². The molecule has 1 atom stereocenters. The van der Waals surface area contributed by atoms with Gasteiger partial charge in [-0.25, -0.2) is 0 Å². The van der Waals surface area contributed by atoms with Crippen LogP contribution in [-0.2, 0) is 10.4 Å². The number of aliphatic hydroxyl groups is 1. The van der Waals surface area contributed by atoms with Gasteiger partial charge in [0.1, 0.15) is 0 Å². The minimum absolute atomic E-state index is 0.126. The molecule has 3 aromatic rings. The van der Waals surface area contributed by atoms with Crippen LogP contribution in [0.2, 0.25) is 0 Å². The molecule has 0 bridgehead atoms. The highest BCUT2D eigenvalue weighted by molar-refractivity contribution is 6.10. The number of hydrogen-bond donors (Lipinski definition) is 1. The second-order valence-corrected chi connectivity index (χ2v) is 6.68. The molecule has 1 aromatic heterocycles. The summed E-state index contributed by atoms with van der Waals surface area (Å²) in [4.78, 5) is 27.1. The third kappa shape index (κ3) is 3.17. The van der Waals surface area contributed by atoms with Crippen molar-refractivity contribution < 1.29 is 19.1 Å². The van der Waals surface area contributed by atoms with Crippen LogP contribution >= 0.6 is 0 Å². The van der Waals surface area contributed by atoms with Gasteiger partial charge in [-0.3, -0.25) is 9.59 Å². The lowest BCUT2D eigenvalue weighted by Gasteiger charge is -2.21. The predicted molar refractivity (Wildman–Crippen MR) is 106 cm³/mol. The minimum Gasteiger partial charge on any atom is -0.461 e. The molecular weight excluding hydrogens is 354 g/mol. The molecule has 1 aliphatic heterocycles. The van der Waals surface area contributed by atoms with E-state index < -0.39 is 17.3 Å². The van der Waals surface area contributed by atoms with E-state index in [-0.39, 0.29) is 12.2 Å². The van der Waals surface area contributed by atoms with Crippen LogP contribution in [0.1, 0.15) is 28.1 Å². The Hall–Kier alpha value is -3.44. The normalized spacial score (nSPS) is 18.6. The quantitative estimate of drug-likeness (QED) is 0.667. The van der Waals surface area contributed by atoms with Crippen molar-refractivity contribution in [2.24, 2.45) is 0 Å². The third-order valence-electron chi connectivity index (χ3n) is 4.85. The average molecular weight is 373 g/mol. The van der Waals surface area contributed by atoms with E-state index in [1.807, 2.05) is 42.5 Å². The van der Waals surface area contributed by atoms with E-state index in [2.05, 4.69) is 0 Å². The number of Topliss-reactive ketones (excluding diaryl/α,β-unsaturated/α-hetero) is 1. The number of fused-ring (bicyclic) bond motifs is 1. The largest absolute Gasteiger partial charge is 0.461 e. The van der Waals surface area contributed by atoms with Crippen molar-refractivity contribution >= 4 is 23.5 Å². The number of carbonyl (C=O) groups excluding carboxylic acids is 2. The zero-order valence-electron chi connectivity index (χ0n) is 15.1. The van der Waals surface area contributed by atoms with Crippen molar-refractivity contribution in [2.45, 2.75) is 12.0 Å². The Morgan fingerprint density at radius 2 is 1.79 bits per heavy atom. The van der Waals surface area contributed by atoms with Crippen LogP contribution in [0.25, 0.3) is 6.08 Å². The van der Waals surface area contributed by atoms with Gasteiger partial charge in [0.2, 0.25) is 5.78 Å². The van der Waals surface area contributed by atoms with Gasteiger partial charge in [-0.2, -0.15) is 0 Å². The number of hydrogen-bond acceptors (Lipinski definition) is 4. The lowest BCUT2D eigenvalue weighted by molar-refractivity contribution is -0.135. The standard InChI is InChI=1S/C23H19NO4/c25-20(21-13-7-15-28-21)16-23(27)18-11-4-5-12-19(18)24(22(23)26)14-6-10-17-8-2-1-3-9-17/h1-13,15,27H,14,16H2/b10-6+/t23-/m0/s1. The molecule has 1 aliphatic rings. The van der Waals surface area contributed by atoms with Crippen molar-refractivity contribution in [1.82, 2.24) is 0 Å². The van der Waals surface area contributed by atoms with E-state index in [1.165, 1.54) is 17.2 Å². The Morgan fingerprint density at radius 3 is 2.54 bits per heavy atom. The summed E-state index contributed by atoms with van der Waals surface area (Å²) in [6.07, 6.45) is 4.81. The molecule has 1 N–H and O–H groups in total. The molecule has 140 valence electrons. The Labute approximate surface area is 162 Å². The molecular formula is C23H19NO4. The van der Waals surface area contributed by atoms with Gasteiger partial charge in [-0.1, -0.05) is 60.7 Å². The summed E-state index contributed by atoms with van der Waals surface area (Å²) >= 11 is 0. The first-order valence-electron chi connectivity index (χ1n) is 9.02. The lowest BCUT2D eigenvalue weighted by Crippen LogP contribution is -2.41. The van der Waals surface area contributed by atoms with Gasteiger partial charge in [0, 0.05) is 12.1 Å². The third-order valence-corrected chi connectivity index (χ3v) is 4.85. The summed E-state index contributed by atoms with van der Waals surface area (Å²) in [5.41, 5.74) is 0.166. The van der Waals surface area contributed by atoms with Crippen LogP contribution in [0, 0.1) is 0 Å². The van der Waals surface area contributed by atoms with Crippen LogP contribution in [0.4, 0.5) is 5.69 Å². The SMILES string of the molecule is O=C(C[C@@]1(O)C(=O)N(C/C=C/c2ccccc2)c2ccccc21)c1ccco1. The maximum atomic E-state index is 13.1. The number of ketones is 1. The topological polar surface area (TPSA) is 70.8 Å². The van der Waals surface area contributed by atoms with Gasteiger partial charge in [0.05, 0.1) is 18.4 Å². The fourth-order valence-electron chi connectivity index (χ4n) is 3.47. The summed E-state index contributed by atoms with van der Waals surface area (Å²) in [5.74, 6) is -0.801. The van der Waals surface area contributed by atoms with Crippen molar-refractivity contribution in [3.63, 3.8) is 0 Å². The average Bonchev–Trinajstić information content (AvgIpc) is 3.32. The molecule has 5 heteroatoms. The highest BCUT2D eigenvalue weighted by atomic mass is 16.3. The van der Waals surface area contributed by atoms with Crippen LogP contribution in [0.3, 0.4) is 0 Å². The lowest BCUT2D eigenvalue weighted by atomic mass is 9.89. The van der Waals surface area contributed by atoms with Crippen LogP contribution in [0.5, 0.6) is 0 Å². The maximum Gasteiger partial charge on any atom is 0.264 e. The van der Waals surface area contributed by atoms with Crippen molar-refractivity contribution in [1.29, 1.82) is 0 Å². The van der Waals surface area contributed by atoms with E-state index >= 15 is 0 Å². The first-order chi connectivity index (χ1) is 13.6. The first kappa shape index (κ1) is 17.9. The fourth-order valence-corrected chi connectivity index (χ4v) is 3.47. The maximum absolute atomic E-state index is 13.1. The van der Waals surface area contributed by atoms with Crippen molar-refractivity contribution in [3.8, 4) is 0 Å². The van der Waals surface area contributed by atoms with E-state index in [4.69, 9.17) is 4.42 Å². The van der Waals surface area contributed by atoms with E-state index in [1.54, 1.807) is 30.3 Å². The molecule has 0 spiro atoms.